The fraction of sp³-hybridized carbons (Fsp3) is 0.905. The lowest BCUT2D eigenvalue weighted by Crippen LogP contribution is -2.65. The van der Waals surface area contributed by atoms with Gasteiger partial charge in [0, 0.05) is 47.5 Å². The van der Waals surface area contributed by atoms with Gasteiger partial charge in [-0.3, -0.25) is 0 Å². The predicted molar refractivity (Wildman–Crippen MR) is 142 cm³/mol. The molecule has 0 saturated carbocycles. The standard InChI is InChI=1S/C21H46O11Si4/c1-10-21(29-20-13-15-27-20)36(24-5,25-6)32-34(9,11-2)30-33(7,8)31-35(22-3,23-4)16-12-14-26-17-19-18-28-19/h11,19-21H,2,10,12-18H2,1,3-9H3. The van der Waals surface area contributed by atoms with Crippen molar-refractivity contribution in [3.05, 3.63) is 12.3 Å². The second kappa shape index (κ2) is 14.5. The van der Waals surface area contributed by atoms with Gasteiger partial charge in [0.05, 0.1) is 19.8 Å². The second-order valence-electron chi connectivity index (χ2n) is 9.28. The van der Waals surface area contributed by atoms with E-state index in [0.717, 1.165) is 19.4 Å². The fourth-order valence-electron chi connectivity index (χ4n) is 3.89. The number of rotatable bonds is 21. The van der Waals surface area contributed by atoms with Crippen molar-refractivity contribution >= 4 is 34.7 Å². The lowest BCUT2D eigenvalue weighted by atomic mass is 10.3. The first kappa shape index (κ1) is 32.4. The molecule has 0 N–H and O–H groups in total. The second-order valence-corrected chi connectivity index (χ2v) is 22.3. The summed E-state index contributed by atoms with van der Waals surface area (Å²) in [6.45, 7) is 14.5. The summed E-state index contributed by atoms with van der Waals surface area (Å²) < 4.78 is 65.6. The first-order valence-electron chi connectivity index (χ1n) is 12.5. The molecule has 0 amide bonds. The largest absolute Gasteiger partial charge is 0.522 e. The molecule has 2 rings (SSSR count). The van der Waals surface area contributed by atoms with Crippen LogP contribution in [-0.4, -0.2) is 108 Å². The van der Waals surface area contributed by atoms with Crippen molar-refractivity contribution < 1.29 is 49.0 Å². The summed E-state index contributed by atoms with van der Waals surface area (Å²) in [5.41, 5.74) is 1.31. The highest BCUT2D eigenvalue weighted by atomic mass is 28.5. The lowest BCUT2D eigenvalue weighted by molar-refractivity contribution is -0.231. The van der Waals surface area contributed by atoms with Gasteiger partial charge in [0.25, 0.3) is 0 Å². The van der Waals surface area contributed by atoms with E-state index < -0.39 is 40.5 Å². The zero-order chi connectivity index (χ0) is 26.9. The highest BCUT2D eigenvalue weighted by molar-refractivity contribution is 6.89. The van der Waals surface area contributed by atoms with Crippen LogP contribution in [0, 0.1) is 0 Å². The normalized spacial score (nSPS) is 23.1. The first-order chi connectivity index (χ1) is 17.0. The van der Waals surface area contributed by atoms with Gasteiger partial charge in [-0.2, -0.15) is 0 Å². The Labute approximate surface area is 220 Å². The molecule has 2 heterocycles. The van der Waals surface area contributed by atoms with E-state index in [4.69, 9.17) is 49.0 Å². The summed E-state index contributed by atoms with van der Waals surface area (Å²) in [4.78, 5) is 0. The zero-order valence-electron chi connectivity index (χ0n) is 23.2. The number of hydrogen-bond donors (Lipinski definition) is 0. The van der Waals surface area contributed by atoms with Crippen LogP contribution in [0.4, 0.5) is 0 Å². The van der Waals surface area contributed by atoms with Crippen LogP contribution < -0.4 is 0 Å². The lowest BCUT2D eigenvalue weighted by Gasteiger charge is -2.43. The molecular formula is C21H46O11Si4. The van der Waals surface area contributed by atoms with Crippen molar-refractivity contribution in [3.8, 4) is 0 Å². The maximum Gasteiger partial charge on any atom is 0.522 e. The van der Waals surface area contributed by atoms with E-state index in [0.29, 0.717) is 32.3 Å². The summed E-state index contributed by atoms with van der Waals surface area (Å²) in [7, 11) is -5.89. The molecule has 0 aliphatic carbocycles. The van der Waals surface area contributed by atoms with Crippen molar-refractivity contribution in [2.75, 3.05) is 54.9 Å². The average Bonchev–Trinajstić information content (AvgIpc) is 3.65. The molecule has 212 valence electrons. The topological polar surface area (TPSA) is 105 Å². The van der Waals surface area contributed by atoms with Gasteiger partial charge in [0.15, 0.2) is 6.29 Å². The third-order valence-corrected chi connectivity index (χ3v) is 21.0. The van der Waals surface area contributed by atoms with E-state index in [-0.39, 0.29) is 12.4 Å². The van der Waals surface area contributed by atoms with Crippen LogP contribution in [0.2, 0.25) is 25.7 Å². The Bertz CT molecular complexity index is 658. The molecule has 0 radical (unpaired) electrons. The Balaban J connectivity index is 2.07. The van der Waals surface area contributed by atoms with Gasteiger partial charge in [-0.05, 0) is 32.5 Å². The van der Waals surface area contributed by atoms with Crippen LogP contribution in [0.15, 0.2) is 12.3 Å². The molecular weight excluding hydrogens is 541 g/mol. The minimum atomic E-state index is -3.33. The molecule has 36 heavy (non-hydrogen) atoms. The molecule has 2 aliphatic heterocycles. The number of epoxide rings is 1. The maximum atomic E-state index is 6.63. The van der Waals surface area contributed by atoms with Crippen LogP contribution in [0.1, 0.15) is 26.2 Å². The SMILES string of the molecule is C=C[Si](C)(O[Si](C)(C)O[Si](CCCOCC1CO1)(OC)OC)O[Si](OC)(OC)C(CC)OC1CCO1. The van der Waals surface area contributed by atoms with Crippen LogP contribution in [0.3, 0.4) is 0 Å². The number of ether oxygens (including phenoxy) is 4. The summed E-state index contributed by atoms with van der Waals surface area (Å²) in [6, 6.07) is 0.598. The van der Waals surface area contributed by atoms with E-state index in [9.17, 15) is 0 Å². The predicted octanol–water partition coefficient (Wildman–Crippen LogP) is 2.88. The molecule has 2 fully saturated rings. The highest BCUT2D eigenvalue weighted by Gasteiger charge is 2.57. The molecule has 11 nitrogen and oxygen atoms in total. The van der Waals surface area contributed by atoms with Gasteiger partial charge in [-0.1, -0.05) is 12.6 Å². The molecule has 0 aromatic rings. The molecule has 0 aromatic heterocycles. The quantitative estimate of drug-likeness (QED) is 0.113. The van der Waals surface area contributed by atoms with Crippen LogP contribution >= 0.6 is 0 Å². The summed E-state index contributed by atoms with van der Waals surface area (Å²) in [5, 5.41) is 0. The molecule has 2 saturated heterocycles. The van der Waals surface area contributed by atoms with Crippen LogP contribution in [0.5, 0.6) is 0 Å². The van der Waals surface area contributed by atoms with Crippen molar-refractivity contribution in [1.82, 2.24) is 0 Å². The smallest absolute Gasteiger partial charge is 0.413 e. The summed E-state index contributed by atoms with van der Waals surface area (Å²) >= 11 is 0. The van der Waals surface area contributed by atoms with E-state index in [2.05, 4.69) is 6.58 Å². The van der Waals surface area contributed by atoms with Gasteiger partial charge in [-0.25, -0.2) is 0 Å². The minimum absolute atomic E-state index is 0.239. The Morgan fingerprint density at radius 1 is 0.972 bits per heavy atom. The molecule has 15 heteroatoms. The highest BCUT2D eigenvalue weighted by Crippen LogP contribution is 2.31. The monoisotopic (exact) mass is 586 g/mol. The zero-order valence-corrected chi connectivity index (χ0v) is 27.2. The van der Waals surface area contributed by atoms with Crippen LogP contribution in [0.25, 0.3) is 0 Å². The Hall–Kier alpha value is 0.168. The molecule has 2 aliphatic rings. The Morgan fingerprint density at radius 2 is 1.61 bits per heavy atom. The average molecular weight is 587 g/mol. The van der Waals surface area contributed by atoms with E-state index >= 15 is 0 Å². The molecule has 4 atom stereocenters. The van der Waals surface area contributed by atoms with E-state index in [1.807, 2.05) is 26.6 Å². The van der Waals surface area contributed by atoms with Gasteiger partial charge in [0.2, 0.25) is 0 Å². The van der Waals surface area contributed by atoms with E-state index in [1.165, 1.54) is 0 Å². The molecule has 4 unspecified atom stereocenters. The minimum Gasteiger partial charge on any atom is -0.413 e. The van der Waals surface area contributed by atoms with Crippen LogP contribution in [-0.2, 0) is 49.0 Å². The van der Waals surface area contributed by atoms with E-state index in [1.54, 1.807) is 34.1 Å². The first-order valence-corrected chi connectivity index (χ1v) is 21.4. The molecule has 0 spiro atoms. The Morgan fingerprint density at radius 3 is 2.06 bits per heavy atom. The van der Waals surface area contributed by atoms with Crippen molar-refractivity contribution in [2.45, 2.75) is 70.0 Å². The van der Waals surface area contributed by atoms with Crippen molar-refractivity contribution in [1.29, 1.82) is 0 Å². The molecule has 0 bridgehead atoms. The van der Waals surface area contributed by atoms with Crippen molar-refractivity contribution in [3.63, 3.8) is 0 Å². The van der Waals surface area contributed by atoms with Gasteiger partial charge >= 0.3 is 34.7 Å². The summed E-state index contributed by atoms with van der Waals surface area (Å²) in [5.74, 6) is 0. The third-order valence-electron chi connectivity index (χ3n) is 5.97. The van der Waals surface area contributed by atoms with Crippen molar-refractivity contribution in [2.24, 2.45) is 0 Å². The van der Waals surface area contributed by atoms with Gasteiger partial charge < -0.3 is 49.0 Å². The number of hydrogen-bond acceptors (Lipinski definition) is 11. The Kier molecular flexibility index (Phi) is 13.1. The maximum absolute atomic E-state index is 6.63. The molecule has 0 aromatic carbocycles. The van der Waals surface area contributed by atoms with Gasteiger partial charge in [-0.15, -0.1) is 6.58 Å². The third kappa shape index (κ3) is 9.42. The van der Waals surface area contributed by atoms with Gasteiger partial charge in [0.1, 0.15) is 11.8 Å². The summed E-state index contributed by atoms with van der Waals surface area (Å²) in [6.07, 6.45) is 2.15. The fourth-order valence-corrected chi connectivity index (χ4v) is 19.7.